The SMILES string of the molecule is CN(C)C(=O)C1CC(Cc2cnn(C)c2)CCN1. The highest BCUT2D eigenvalue weighted by molar-refractivity contribution is 5.81. The van der Waals surface area contributed by atoms with Crippen LogP contribution in [-0.4, -0.2) is 47.3 Å². The average molecular weight is 250 g/mol. The van der Waals surface area contributed by atoms with E-state index in [4.69, 9.17) is 0 Å². The van der Waals surface area contributed by atoms with E-state index in [1.807, 2.05) is 32.0 Å². The number of carbonyl (C=O) groups excluding carboxylic acids is 1. The van der Waals surface area contributed by atoms with Crippen LogP contribution in [0.1, 0.15) is 18.4 Å². The van der Waals surface area contributed by atoms with Gasteiger partial charge in [-0.25, -0.2) is 0 Å². The third-order valence-corrected chi connectivity index (χ3v) is 3.53. The second-order valence-corrected chi connectivity index (χ2v) is 5.36. The first kappa shape index (κ1) is 13.1. The molecule has 0 radical (unpaired) electrons. The molecule has 5 nitrogen and oxygen atoms in total. The maximum absolute atomic E-state index is 11.9. The van der Waals surface area contributed by atoms with E-state index in [9.17, 15) is 4.79 Å². The van der Waals surface area contributed by atoms with Gasteiger partial charge in [-0.15, -0.1) is 0 Å². The topological polar surface area (TPSA) is 50.2 Å². The van der Waals surface area contributed by atoms with Crippen molar-refractivity contribution in [3.8, 4) is 0 Å². The molecule has 1 fully saturated rings. The molecule has 0 bridgehead atoms. The van der Waals surface area contributed by atoms with Gasteiger partial charge in [0.05, 0.1) is 12.2 Å². The predicted octanol–water partition coefficient (Wildman–Crippen LogP) is 0.419. The highest BCUT2D eigenvalue weighted by atomic mass is 16.2. The number of aromatic nitrogens is 2. The molecule has 2 rings (SSSR count). The lowest BCUT2D eigenvalue weighted by molar-refractivity contribution is -0.131. The molecule has 0 aliphatic carbocycles. The summed E-state index contributed by atoms with van der Waals surface area (Å²) in [6.45, 7) is 0.926. The Hall–Kier alpha value is -1.36. The normalized spacial score (nSPS) is 23.9. The Balaban J connectivity index is 1.92. The van der Waals surface area contributed by atoms with Crippen molar-refractivity contribution in [1.82, 2.24) is 20.0 Å². The largest absolute Gasteiger partial charge is 0.347 e. The standard InChI is InChI=1S/C13H22N4O/c1-16(2)13(18)12-7-10(4-5-14-12)6-11-8-15-17(3)9-11/h8-10,12,14H,4-7H2,1-3H3. The van der Waals surface area contributed by atoms with Crippen LogP contribution >= 0.6 is 0 Å². The second-order valence-electron chi connectivity index (χ2n) is 5.36. The predicted molar refractivity (Wildman–Crippen MR) is 70.1 cm³/mol. The molecule has 2 heterocycles. The Morgan fingerprint density at radius 3 is 3.00 bits per heavy atom. The summed E-state index contributed by atoms with van der Waals surface area (Å²) >= 11 is 0. The van der Waals surface area contributed by atoms with Crippen LogP contribution in [0.2, 0.25) is 0 Å². The maximum Gasteiger partial charge on any atom is 0.239 e. The highest BCUT2D eigenvalue weighted by Gasteiger charge is 2.27. The fourth-order valence-corrected chi connectivity index (χ4v) is 2.59. The number of piperidine rings is 1. The Labute approximate surface area is 108 Å². The smallest absolute Gasteiger partial charge is 0.239 e. The molecule has 2 unspecified atom stereocenters. The van der Waals surface area contributed by atoms with Gasteiger partial charge in [-0.2, -0.15) is 5.10 Å². The molecule has 0 aromatic carbocycles. The molecule has 2 atom stereocenters. The summed E-state index contributed by atoms with van der Waals surface area (Å²) < 4.78 is 1.83. The van der Waals surface area contributed by atoms with E-state index < -0.39 is 0 Å². The molecule has 1 saturated heterocycles. The van der Waals surface area contributed by atoms with E-state index in [1.54, 1.807) is 4.90 Å². The van der Waals surface area contributed by atoms with Crippen molar-refractivity contribution in [3.63, 3.8) is 0 Å². The average Bonchev–Trinajstić information content (AvgIpc) is 2.74. The maximum atomic E-state index is 11.9. The van der Waals surface area contributed by atoms with Crippen LogP contribution in [0.3, 0.4) is 0 Å². The van der Waals surface area contributed by atoms with Crippen molar-refractivity contribution in [2.45, 2.75) is 25.3 Å². The number of nitrogens with one attached hydrogen (secondary N) is 1. The van der Waals surface area contributed by atoms with E-state index in [1.165, 1.54) is 5.56 Å². The molecule has 1 amide bonds. The summed E-state index contributed by atoms with van der Waals surface area (Å²) in [6.07, 6.45) is 7.06. The van der Waals surface area contributed by atoms with Gasteiger partial charge in [0, 0.05) is 27.3 Å². The van der Waals surface area contributed by atoms with Gasteiger partial charge in [-0.3, -0.25) is 9.48 Å². The van der Waals surface area contributed by atoms with Crippen molar-refractivity contribution in [1.29, 1.82) is 0 Å². The molecule has 1 aromatic rings. The minimum absolute atomic E-state index is 0.0181. The van der Waals surface area contributed by atoms with E-state index in [0.29, 0.717) is 5.92 Å². The van der Waals surface area contributed by atoms with Gasteiger partial charge < -0.3 is 10.2 Å². The molecule has 18 heavy (non-hydrogen) atoms. The fraction of sp³-hybridized carbons (Fsp3) is 0.692. The van der Waals surface area contributed by atoms with E-state index >= 15 is 0 Å². The van der Waals surface area contributed by atoms with Crippen LogP contribution in [0, 0.1) is 5.92 Å². The van der Waals surface area contributed by atoms with Crippen LogP contribution < -0.4 is 5.32 Å². The number of hydrogen-bond donors (Lipinski definition) is 1. The summed E-state index contributed by atoms with van der Waals surface area (Å²) in [5.41, 5.74) is 1.26. The fourth-order valence-electron chi connectivity index (χ4n) is 2.59. The molecule has 0 spiro atoms. The van der Waals surface area contributed by atoms with E-state index in [0.717, 1.165) is 25.8 Å². The first-order chi connectivity index (χ1) is 8.56. The number of aryl methyl sites for hydroxylation is 1. The summed E-state index contributed by atoms with van der Waals surface area (Å²) in [4.78, 5) is 13.6. The summed E-state index contributed by atoms with van der Waals surface area (Å²) in [7, 11) is 5.56. The van der Waals surface area contributed by atoms with Crippen LogP contribution in [0.15, 0.2) is 12.4 Å². The lowest BCUT2D eigenvalue weighted by atomic mass is 9.87. The van der Waals surface area contributed by atoms with Crippen LogP contribution in [0.5, 0.6) is 0 Å². The lowest BCUT2D eigenvalue weighted by Crippen LogP contribution is -2.48. The van der Waals surface area contributed by atoms with Crippen molar-refractivity contribution >= 4 is 5.91 Å². The number of rotatable bonds is 3. The van der Waals surface area contributed by atoms with Gasteiger partial charge in [0.2, 0.25) is 5.91 Å². The molecule has 1 aromatic heterocycles. The van der Waals surface area contributed by atoms with Crippen LogP contribution in [-0.2, 0) is 18.3 Å². The summed E-state index contributed by atoms with van der Waals surface area (Å²) in [5, 5.41) is 7.50. The first-order valence-corrected chi connectivity index (χ1v) is 6.48. The first-order valence-electron chi connectivity index (χ1n) is 6.48. The number of likely N-dealkylation sites (N-methyl/N-ethyl adjacent to an activating group) is 1. The molecule has 1 aliphatic heterocycles. The molecule has 5 heteroatoms. The van der Waals surface area contributed by atoms with Gasteiger partial charge in [0.25, 0.3) is 0 Å². The minimum atomic E-state index is -0.0181. The zero-order valence-electron chi connectivity index (χ0n) is 11.4. The zero-order chi connectivity index (χ0) is 13.1. The number of nitrogens with zero attached hydrogens (tertiary/aromatic N) is 3. The quantitative estimate of drug-likeness (QED) is 0.846. The van der Waals surface area contributed by atoms with E-state index in [-0.39, 0.29) is 11.9 Å². The van der Waals surface area contributed by atoms with E-state index in [2.05, 4.69) is 16.6 Å². The minimum Gasteiger partial charge on any atom is -0.347 e. The van der Waals surface area contributed by atoms with Gasteiger partial charge >= 0.3 is 0 Å². The second kappa shape index (κ2) is 5.52. The molecular formula is C13H22N4O. The molecule has 1 N–H and O–H groups in total. The van der Waals surface area contributed by atoms with Gasteiger partial charge in [-0.05, 0) is 37.3 Å². The van der Waals surface area contributed by atoms with Crippen molar-refractivity contribution in [2.75, 3.05) is 20.6 Å². The van der Waals surface area contributed by atoms with Gasteiger partial charge in [0.15, 0.2) is 0 Å². The number of amides is 1. The molecule has 1 aliphatic rings. The lowest BCUT2D eigenvalue weighted by Gasteiger charge is -2.30. The van der Waals surface area contributed by atoms with Crippen molar-refractivity contribution < 1.29 is 4.79 Å². The monoisotopic (exact) mass is 250 g/mol. The zero-order valence-corrected chi connectivity index (χ0v) is 11.4. The summed E-state index contributed by atoms with van der Waals surface area (Å²) in [6, 6.07) is -0.0181. The van der Waals surface area contributed by atoms with Crippen LogP contribution in [0.4, 0.5) is 0 Å². The molecule has 100 valence electrons. The Morgan fingerprint density at radius 2 is 2.39 bits per heavy atom. The molecular weight excluding hydrogens is 228 g/mol. The van der Waals surface area contributed by atoms with Crippen molar-refractivity contribution in [2.24, 2.45) is 13.0 Å². The third kappa shape index (κ3) is 3.10. The van der Waals surface area contributed by atoms with Crippen molar-refractivity contribution in [3.05, 3.63) is 18.0 Å². The number of hydrogen-bond acceptors (Lipinski definition) is 3. The Kier molecular flexibility index (Phi) is 4.01. The summed E-state index contributed by atoms with van der Waals surface area (Å²) in [5.74, 6) is 0.759. The Morgan fingerprint density at radius 1 is 1.61 bits per heavy atom. The van der Waals surface area contributed by atoms with Gasteiger partial charge in [-0.1, -0.05) is 0 Å². The van der Waals surface area contributed by atoms with Gasteiger partial charge in [0.1, 0.15) is 0 Å². The third-order valence-electron chi connectivity index (χ3n) is 3.53. The Bertz CT molecular complexity index is 413. The molecule has 0 saturated carbocycles. The number of carbonyl (C=O) groups is 1. The van der Waals surface area contributed by atoms with Crippen LogP contribution in [0.25, 0.3) is 0 Å². The highest BCUT2D eigenvalue weighted by Crippen LogP contribution is 2.21.